The Morgan fingerprint density at radius 2 is 1.50 bits per heavy atom. The predicted octanol–water partition coefficient (Wildman–Crippen LogP) is 2.24. The molecule has 0 saturated carbocycles. The normalized spacial score (nSPS) is 13.3. The number of nitrogens with zero attached hydrogens (tertiary/aromatic N) is 1. The molecular weight excluding hydrogens is 424 g/mol. The van der Waals surface area contributed by atoms with Crippen LogP contribution in [0.25, 0.3) is 0 Å². The standard InChI is InChI=1S/C18H21ClN2O5S2/c1-13(14-4-8-16(9-5-14)27(3,23)24)20-18(22)12-21(2)28(25,26)17-10-6-15(19)7-11-17/h4-11,13H,12H2,1-3H3,(H,20,22)/t13-/m0/s1. The van der Waals surface area contributed by atoms with Gasteiger partial charge in [0.05, 0.1) is 22.4 Å². The first-order valence-electron chi connectivity index (χ1n) is 8.22. The summed E-state index contributed by atoms with van der Waals surface area (Å²) in [5.41, 5.74) is 0.698. The maximum atomic E-state index is 12.5. The van der Waals surface area contributed by atoms with Crippen LogP contribution in [0.1, 0.15) is 18.5 Å². The third-order valence-corrected chi connectivity index (χ3v) is 7.27. The van der Waals surface area contributed by atoms with Crippen molar-refractivity contribution in [1.29, 1.82) is 0 Å². The molecule has 28 heavy (non-hydrogen) atoms. The summed E-state index contributed by atoms with van der Waals surface area (Å²) < 4.78 is 49.0. The fourth-order valence-corrected chi connectivity index (χ4v) is 4.33. The van der Waals surface area contributed by atoms with Gasteiger partial charge in [-0.15, -0.1) is 0 Å². The van der Waals surface area contributed by atoms with Crippen molar-refractivity contribution in [2.45, 2.75) is 22.8 Å². The highest BCUT2D eigenvalue weighted by Crippen LogP contribution is 2.18. The molecule has 2 rings (SSSR count). The lowest BCUT2D eigenvalue weighted by Crippen LogP contribution is -2.39. The van der Waals surface area contributed by atoms with Crippen LogP contribution in [-0.4, -0.2) is 46.9 Å². The van der Waals surface area contributed by atoms with E-state index in [1.165, 1.54) is 43.4 Å². The Balaban J connectivity index is 2.03. The highest BCUT2D eigenvalue weighted by Gasteiger charge is 2.23. The predicted molar refractivity (Wildman–Crippen MR) is 107 cm³/mol. The van der Waals surface area contributed by atoms with E-state index in [1.807, 2.05) is 0 Å². The van der Waals surface area contributed by atoms with Crippen molar-refractivity contribution >= 4 is 37.4 Å². The summed E-state index contributed by atoms with van der Waals surface area (Å²) >= 11 is 5.77. The summed E-state index contributed by atoms with van der Waals surface area (Å²) in [6.07, 6.45) is 1.12. The van der Waals surface area contributed by atoms with E-state index in [0.29, 0.717) is 10.6 Å². The maximum absolute atomic E-state index is 12.5. The van der Waals surface area contributed by atoms with Gasteiger partial charge in [0.2, 0.25) is 15.9 Å². The molecule has 0 radical (unpaired) electrons. The van der Waals surface area contributed by atoms with E-state index in [1.54, 1.807) is 19.1 Å². The first kappa shape index (κ1) is 22.4. The molecule has 0 aliphatic heterocycles. The van der Waals surface area contributed by atoms with Gasteiger partial charge >= 0.3 is 0 Å². The number of nitrogens with one attached hydrogen (secondary N) is 1. The summed E-state index contributed by atoms with van der Waals surface area (Å²) in [4.78, 5) is 12.5. The topological polar surface area (TPSA) is 101 Å². The van der Waals surface area contributed by atoms with Gasteiger partial charge in [0.15, 0.2) is 9.84 Å². The lowest BCUT2D eigenvalue weighted by Gasteiger charge is -2.19. The van der Waals surface area contributed by atoms with Crippen molar-refractivity contribution in [3.8, 4) is 0 Å². The smallest absolute Gasteiger partial charge is 0.243 e. The first-order chi connectivity index (χ1) is 12.9. The number of hydrogen-bond acceptors (Lipinski definition) is 5. The zero-order valence-electron chi connectivity index (χ0n) is 15.6. The van der Waals surface area contributed by atoms with Gasteiger partial charge in [0.25, 0.3) is 0 Å². The average molecular weight is 445 g/mol. The van der Waals surface area contributed by atoms with E-state index in [-0.39, 0.29) is 16.3 Å². The summed E-state index contributed by atoms with van der Waals surface area (Å²) in [5.74, 6) is -0.486. The molecule has 0 spiro atoms. The highest BCUT2D eigenvalue weighted by atomic mass is 35.5. The van der Waals surface area contributed by atoms with Gasteiger partial charge in [-0.2, -0.15) is 4.31 Å². The molecule has 0 fully saturated rings. The zero-order valence-corrected chi connectivity index (χ0v) is 18.0. The van der Waals surface area contributed by atoms with Crippen molar-refractivity contribution in [2.24, 2.45) is 0 Å². The number of rotatable bonds is 7. The molecule has 0 heterocycles. The second-order valence-corrected chi connectivity index (χ2v) is 10.8. The van der Waals surface area contributed by atoms with E-state index < -0.39 is 31.8 Å². The minimum atomic E-state index is -3.83. The number of sulfone groups is 1. The van der Waals surface area contributed by atoms with Gasteiger partial charge in [-0.05, 0) is 48.9 Å². The van der Waals surface area contributed by atoms with Gasteiger partial charge in [0, 0.05) is 18.3 Å². The molecule has 0 aliphatic rings. The molecule has 2 aromatic rings. The van der Waals surface area contributed by atoms with Crippen LogP contribution in [0.5, 0.6) is 0 Å². The number of benzene rings is 2. The summed E-state index contributed by atoms with van der Waals surface area (Å²) in [6.45, 7) is 1.36. The number of sulfonamides is 1. The molecule has 0 saturated heterocycles. The van der Waals surface area contributed by atoms with Crippen LogP contribution in [0.4, 0.5) is 0 Å². The number of amides is 1. The van der Waals surface area contributed by atoms with Crippen LogP contribution in [0, 0.1) is 0 Å². The number of carbonyl (C=O) groups excluding carboxylic acids is 1. The first-order valence-corrected chi connectivity index (χ1v) is 11.9. The molecule has 152 valence electrons. The number of carbonyl (C=O) groups is 1. The Hall–Kier alpha value is -1.94. The minimum absolute atomic E-state index is 0.0385. The van der Waals surface area contributed by atoms with Gasteiger partial charge in [0.1, 0.15) is 0 Å². The largest absolute Gasteiger partial charge is 0.348 e. The second kappa shape index (κ2) is 8.60. The molecule has 1 atom stereocenters. The maximum Gasteiger partial charge on any atom is 0.243 e. The van der Waals surface area contributed by atoms with E-state index in [4.69, 9.17) is 11.6 Å². The SMILES string of the molecule is C[C@H](NC(=O)CN(C)S(=O)(=O)c1ccc(Cl)cc1)c1ccc(S(C)(=O)=O)cc1. The monoisotopic (exact) mass is 444 g/mol. The quantitative estimate of drug-likeness (QED) is 0.705. The molecule has 0 aliphatic carbocycles. The van der Waals surface area contributed by atoms with E-state index in [0.717, 1.165) is 10.6 Å². The van der Waals surface area contributed by atoms with E-state index >= 15 is 0 Å². The second-order valence-electron chi connectivity index (χ2n) is 6.35. The summed E-state index contributed by atoms with van der Waals surface area (Å²) in [5, 5.41) is 3.11. The fraction of sp³-hybridized carbons (Fsp3) is 0.278. The number of likely N-dealkylation sites (N-methyl/N-ethyl adjacent to an activating group) is 1. The van der Waals surface area contributed by atoms with Crippen molar-refractivity contribution in [2.75, 3.05) is 19.8 Å². The van der Waals surface area contributed by atoms with Crippen LogP contribution in [-0.2, 0) is 24.7 Å². The lowest BCUT2D eigenvalue weighted by atomic mass is 10.1. The van der Waals surface area contributed by atoms with Crippen molar-refractivity contribution in [3.63, 3.8) is 0 Å². The van der Waals surface area contributed by atoms with Crippen LogP contribution in [0.15, 0.2) is 58.3 Å². The molecule has 2 aromatic carbocycles. The Morgan fingerprint density at radius 1 is 1.00 bits per heavy atom. The molecule has 7 nitrogen and oxygen atoms in total. The van der Waals surface area contributed by atoms with Gasteiger partial charge < -0.3 is 5.32 Å². The molecular formula is C18H21ClN2O5S2. The molecule has 0 unspecified atom stereocenters. The van der Waals surface area contributed by atoms with E-state index in [2.05, 4.69) is 5.32 Å². The van der Waals surface area contributed by atoms with Gasteiger partial charge in [-0.25, -0.2) is 16.8 Å². The average Bonchev–Trinajstić information content (AvgIpc) is 2.61. The number of hydrogen-bond donors (Lipinski definition) is 1. The van der Waals surface area contributed by atoms with Crippen LogP contribution >= 0.6 is 11.6 Å². The fourth-order valence-electron chi connectivity index (χ4n) is 2.45. The Labute approximate surface area is 170 Å². The summed E-state index contributed by atoms with van der Waals surface area (Å²) in [6, 6.07) is 11.4. The van der Waals surface area contributed by atoms with Crippen molar-refractivity contribution in [1.82, 2.24) is 9.62 Å². The minimum Gasteiger partial charge on any atom is -0.348 e. The van der Waals surface area contributed by atoms with Crippen LogP contribution in [0.2, 0.25) is 5.02 Å². The van der Waals surface area contributed by atoms with Crippen LogP contribution < -0.4 is 5.32 Å². The Morgan fingerprint density at radius 3 is 2.00 bits per heavy atom. The van der Waals surface area contributed by atoms with E-state index in [9.17, 15) is 21.6 Å². The zero-order chi connectivity index (χ0) is 21.1. The van der Waals surface area contributed by atoms with Gasteiger partial charge in [-0.3, -0.25) is 4.79 Å². The third kappa shape index (κ3) is 5.54. The van der Waals surface area contributed by atoms with Crippen molar-refractivity contribution in [3.05, 3.63) is 59.1 Å². The number of halogens is 1. The Bertz CT molecular complexity index is 1050. The third-order valence-electron chi connectivity index (χ3n) is 4.07. The lowest BCUT2D eigenvalue weighted by molar-refractivity contribution is -0.121. The summed E-state index contributed by atoms with van der Waals surface area (Å²) in [7, 11) is -5.81. The highest BCUT2D eigenvalue weighted by molar-refractivity contribution is 7.90. The van der Waals surface area contributed by atoms with Gasteiger partial charge in [-0.1, -0.05) is 23.7 Å². The molecule has 0 bridgehead atoms. The Kier molecular flexibility index (Phi) is 6.87. The molecule has 10 heteroatoms. The van der Waals surface area contributed by atoms with Crippen LogP contribution in [0.3, 0.4) is 0 Å². The van der Waals surface area contributed by atoms with Crippen molar-refractivity contribution < 1.29 is 21.6 Å². The molecule has 0 aromatic heterocycles. The molecule has 1 N–H and O–H groups in total. The molecule has 1 amide bonds.